The van der Waals surface area contributed by atoms with Crippen molar-refractivity contribution in [2.24, 2.45) is 0 Å². The molecule has 0 saturated heterocycles. The van der Waals surface area contributed by atoms with Crippen molar-refractivity contribution in [2.45, 2.75) is 233 Å². The van der Waals surface area contributed by atoms with Crippen molar-refractivity contribution >= 4 is 7.82 Å². The zero-order valence-electron chi connectivity index (χ0n) is 31.2. The molecule has 272 valence electrons. The van der Waals surface area contributed by atoms with Gasteiger partial charge in [0.05, 0.1) is 6.61 Å². The summed E-state index contributed by atoms with van der Waals surface area (Å²) in [5.74, 6) is 0. The quantitative estimate of drug-likeness (QED) is 0.0406. The highest BCUT2D eigenvalue weighted by Crippen LogP contribution is 2.46. The van der Waals surface area contributed by atoms with Gasteiger partial charge in [-0.15, -0.1) is 0 Å². The molecule has 0 saturated carbocycles. The van der Waals surface area contributed by atoms with Crippen LogP contribution in [0.5, 0.6) is 0 Å². The Kier molecular flexibility index (Phi) is 35.4. The summed E-state index contributed by atoms with van der Waals surface area (Å²) in [4.78, 5) is 13.2. The summed E-state index contributed by atoms with van der Waals surface area (Å²) in [6.07, 6.45) is 38.1. The number of hydrogen-bond donors (Lipinski definition) is 1. The molecule has 0 fully saturated rings. The summed E-state index contributed by atoms with van der Waals surface area (Å²) in [6, 6.07) is 0. The minimum absolute atomic E-state index is 0.308. The molecule has 1 N–H and O–H groups in total. The highest BCUT2D eigenvalue weighted by Gasteiger charge is 2.30. The third kappa shape index (κ3) is 32.4. The van der Waals surface area contributed by atoms with Crippen LogP contribution in [0.1, 0.15) is 227 Å². The van der Waals surface area contributed by atoms with Crippen LogP contribution in [0.25, 0.3) is 0 Å². The average Bonchev–Trinajstić information content (AvgIpc) is 3.02. The molecule has 0 aliphatic rings. The van der Waals surface area contributed by atoms with Crippen molar-refractivity contribution in [3.63, 3.8) is 0 Å². The van der Waals surface area contributed by atoms with E-state index in [-0.39, 0.29) is 6.23 Å². The highest BCUT2D eigenvalue weighted by molar-refractivity contribution is 7.47. The largest absolute Gasteiger partial charge is 0.473 e. The normalized spacial score (nSPS) is 13.9. The topological polar surface area (TPSA) is 59.0 Å². The van der Waals surface area contributed by atoms with Gasteiger partial charge in [-0.2, -0.15) is 0 Å². The van der Waals surface area contributed by atoms with Gasteiger partial charge in [-0.1, -0.05) is 195 Å². The lowest BCUT2D eigenvalue weighted by molar-refractivity contribution is -0.0135. The van der Waals surface area contributed by atoms with E-state index < -0.39 is 7.82 Å². The molecule has 2 unspecified atom stereocenters. The Hall–Kier alpha value is 0.0700. The Morgan fingerprint density at radius 2 is 0.778 bits per heavy atom. The van der Waals surface area contributed by atoms with Gasteiger partial charge in [0.2, 0.25) is 0 Å². The minimum Gasteiger partial charge on any atom is -0.302 e. The molecule has 45 heavy (non-hydrogen) atoms. The van der Waals surface area contributed by atoms with Gasteiger partial charge in [0, 0.05) is 13.1 Å². The van der Waals surface area contributed by atoms with Gasteiger partial charge in [0.25, 0.3) is 0 Å². The number of rotatable bonds is 38. The lowest BCUT2D eigenvalue weighted by Crippen LogP contribution is -2.38. The number of phosphoric ester groups is 1. The SMILES string of the molecule is CCCCCCCCCCCCOP(=O)(O)OC(CCCCCC)N(CCCCCCCCCC)CCCCCCCCCC. The van der Waals surface area contributed by atoms with Gasteiger partial charge < -0.3 is 4.89 Å². The molecule has 0 aromatic rings. The molecule has 5 nitrogen and oxygen atoms in total. The minimum atomic E-state index is -4.10. The summed E-state index contributed by atoms with van der Waals surface area (Å²) in [5.41, 5.74) is 0. The van der Waals surface area contributed by atoms with Gasteiger partial charge in [-0.3, -0.25) is 13.9 Å². The Balaban J connectivity index is 4.86. The molecule has 2 atom stereocenters. The third-order valence-electron chi connectivity index (χ3n) is 9.32. The van der Waals surface area contributed by atoms with Crippen molar-refractivity contribution in [1.82, 2.24) is 4.90 Å². The van der Waals surface area contributed by atoms with Crippen LogP contribution in [0.2, 0.25) is 0 Å². The van der Waals surface area contributed by atoms with E-state index in [0.717, 1.165) is 58.0 Å². The molecule has 0 rings (SSSR count). The molecule has 0 aliphatic carbocycles. The molecule has 0 heterocycles. The van der Waals surface area contributed by atoms with Gasteiger partial charge in [0.15, 0.2) is 0 Å². The fourth-order valence-corrected chi connectivity index (χ4v) is 7.27. The van der Waals surface area contributed by atoms with Gasteiger partial charge >= 0.3 is 7.82 Å². The molecular formula is C39H82NO4P. The Morgan fingerprint density at radius 3 is 1.16 bits per heavy atom. The van der Waals surface area contributed by atoms with E-state index in [0.29, 0.717) is 6.61 Å². The average molecular weight is 660 g/mol. The van der Waals surface area contributed by atoms with Crippen molar-refractivity contribution in [2.75, 3.05) is 19.7 Å². The predicted octanol–water partition coefficient (Wildman–Crippen LogP) is 13.9. The molecule has 0 aromatic heterocycles. The summed E-state index contributed by atoms with van der Waals surface area (Å²) in [7, 11) is -4.10. The van der Waals surface area contributed by atoms with Gasteiger partial charge in [0.1, 0.15) is 6.23 Å². The zero-order chi connectivity index (χ0) is 33.1. The molecule has 0 spiro atoms. The van der Waals surface area contributed by atoms with Gasteiger partial charge in [-0.05, 0) is 32.1 Å². The van der Waals surface area contributed by atoms with Crippen molar-refractivity contribution < 1.29 is 18.5 Å². The Morgan fingerprint density at radius 1 is 0.467 bits per heavy atom. The van der Waals surface area contributed by atoms with Crippen LogP contribution in [0.4, 0.5) is 0 Å². The van der Waals surface area contributed by atoms with Crippen LogP contribution < -0.4 is 0 Å². The second-order valence-corrected chi connectivity index (χ2v) is 15.3. The standard InChI is InChI=1S/C39H82NO4P/c1-5-9-13-17-20-23-24-27-30-34-38-43-45(41,42)44-39(35-31-16-12-8-4)40(36-32-28-25-21-18-14-10-6-2)37-33-29-26-22-19-15-11-7-3/h39H,5-38H2,1-4H3,(H,41,42). The zero-order valence-corrected chi connectivity index (χ0v) is 32.1. The first-order valence-corrected chi connectivity index (χ1v) is 21.9. The molecule has 0 aliphatic heterocycles. The van der Waals surface area contributed by atoms with Crippen LogP contribution in [-0.2, 0) is 13.6 Å². The fraction of sp³-hybridized carbons (Fsp3) is 1.00. The first-order chi connectivity index (χ1) is 22.0. The van der Waals surface area contributed by atoms with Crippen molar-refractivity contribution in [1.29, 1.82) is 0 Å². The molecule has 0 bridgehead atoms. The Labute approximate surface area is 283 Å². The van der Waals surface area contributed by atoms with Gasteiger partial charge in [-0.25, -0.2) is 4.57 Å². The van der Waals surface area contributed by atoms with E-state index in [1.54, 1.807) is 0 Å². The highest BCUT2D eigenvalue weighted by atomic mass is 31.2. The van der Waals surface area contributed by atoms with Crippen LogP contribution in [-0.4, -0.2) is 35.7 Å². The monoisotopic (exact) mass is 660 g/mol. The second-order valence-electron chi connectivity index (χ2n) is 13.9. The predicted molar refractivity (Wildman–Crippen MR) is 198 cm³/mol. The summed E-state index contributed by atoms with van der Waals surface area (Å²) >= 11 is 0. The lowest BCUT2D eigenvalue weighted by Gasteiger charge is -2.32. The second kappa shape index (κ2) is 35.4. The first kappa shape index (κ1) is 45.1. The summed E-state index contributed by atoms with van der Waals surface area (Å²) in [6.45, 7) is 11.2. The molecule has 6 heteroatoms. The maximum Gasteiger partial charge on any atom is 0.473 e. The maximum atomic E-state index is 13.2. The molecule has 0 radical (unpaired) electrons. The maximum absolute atomic E-state index is 13.2. The van der Waals surface area contributed by atoms with Crippen LogP contribution in [0, 0.1) is 0 Å². The van der Waals surface area contributed by atoms with E-state index in [2.05, 4.69) is 32.6 Å². The van der Waals surface area contributed by atoms with E-state index in [9.17, 15) is 9.46 Å². The Bertz CT molecular complexity index is 600. The van der Waals surface area contributed by atoms with Crippen LogP contribution in [0.3, 0.4) is 0 Å². The number of phosphoric acid groups is 1. The smallest absolute Gasteiger partial charge is 0.302 e. The van der Waals surface area contributed by atoms with E-state index in [1.165, 1.54) is 154 Å². The van der Waals surface area contributed by atoms with Crippen molar-refractivity contribution in [3.8, 4) is 0 Å². The first-order valence-electron chi connectivity index (χ1n) is 20.4. The summed E-state index contributed by atoms with van der Waals surface area (Å²) in [5, 5.41) is 0. The van der Waals surface area contributed by atoms with E-state index >= 15 is 0 Å². The number of unbranched alkanes of at least 4 members (excludes halogenated alkanes) is 26. The summed E-state index contributed by atoms with van der Waals surface area (Å²) < 4.78 is 24.7. The van der Waals surface area contributed by atoms with E-state index in [1.807, 2.05) is 0 Å². The molecule has 0 amide bonds. The third-order valence-corrected chi connectivity index (χ3v) is 10.3. The molecule has 0 aromatic carbocycles. The number of hydrogen-bond acceptors (Lipinski definition) is 4. The lowest BCUT2D eigenvalue weighted by atomic mass is 10.1. The van der Waals surface area contributed by atoms with Crippen LogP contribution >= 0.6 is 7.82 Å². The van der Waals surface area contributed by atoms with Crippen molar-refractivity contribution in [3.05, 3.63) is 0 Å². The molecular weight excluding hydrogens is 577 g/mol. The fourth-order valence-electron chi connectivity index (χ4n) is 6.30. The van der Waals surface area contributed by atoms with E-state index in [4.69, 9.17) is 9.05 Å². The van der Waals surface area contributed by atoms with Crippen LogP contribution in [0.15, 0.2) is 0 Å². The number of nitrogens with zero attached hydrogens (tertiary/aromatic N) is 1.